The minimum atomic E-state index is -1.24. The number of amides is 1. The molecule has 4 rings (SSSR count). The maximum atomic E-state index is 14.0. The van der Waals surface area contributed by atoms with Crippen LogP contribution in [-0.4, -0.2) is 39.0 Å². The maximum absolute atomic E-state index is 14.0. The molecule has 2 heterocycles. The van der Waals surface area contributed by atoms with E-state index in [1.54, 1.807) is 26.0 Å². The molecule has 0 saturated heterocycles. The van der Waals surface area contributed by atoms with Crippen LogP contribution in [0, 0.1) is 24.0 Å². The van der Waals surface area contributed by atoms with Crippen molar-refractivity contribution >= 4 is 34.4 Å². The van der Waals surface area contributed by atoms with Crippen molar-refractivity contribution in [1.82, 2.24) is 20.5 Å². The van der Waals surface area contributed by atoms with E-state index in [2.05, 4.69) is 20.5 Å². The Bertz CT molecular complexity index is 1410. The Morgan fingerprint density at radius 2 is 2.00 bits per heavy atom. The molecule has 0 spiro atoms. The van der Waals surface area contributed by atoms with Crippen LogP contribution in [0.25, 0.3) is 10.9 Å². The highest BCUT2D eigenvalue weighted by atomic mass is 32.1. The van der Waals surface area contributed by atoms with Gasteiger partial charge in [0.15, 0.2) is 5.01 Å². The summed E-state index contributed by atoms with van der Waals surface area (Å²) in [6.07, 6.45) is 2.46. The average Bonchev–Trinajstić information content (AvgIpc) is 3.33. The zero-order valence-corrected chi connectivity index (χ0v) is 19.6. The summed E-state index contributed by atoms with van der Waals surface area (Å²) in [6.45, 7) is 2.59. The quantitative estimate of drug-likeness (QED) is 0.318. The van der Waals surface area contributed by atoms with Crippen molar-refractivity contribution in [2.45, 2.75) is 26.0 Å². The molecule has 180 valence electrons. The SMILES string of the molecule is Cc1cc(OCc2c(F)cccc2F)c2nccc(C(=O)N[C@@](C)(CO)c3nnc(C=N)s3)c2c1. The summed E-state index contributed by atoms with van der Waals surface area (Å²) in [5, 5.41) is 29.1. The molecule has 2 aromatic carbocycles. The molecule has 2 aromatic heterocycles. The molecule has 0 saturated carbocycles. The Labute approximate surface area is 203 Å². The standard InChI is InChI=1S/C24H21F2N5O3S/c1-13-8-15-14(22(33)29-24(2,12-32)23-31-30-20(10-27)35-23)6-7-28-21(15)19(9-13)34-11-16-17(25)4-3-5-18(16)26/h3-10,27,32H,11-12H2,1-2H3,(H,29,33)/t24-/m0/s1. The Morgan fingerprint density at radius 3 is 2.66 bits per heavy atom. The van der Waals surface area contributed by atoms with E-state index < -0.39 is 29.7 Å². The van der Waals surface area contributed by atoms with Crippen LogP contribution in [0.4, 0.5) is 8.78 Å². The van der Waals surface area contributed by atoms with Gasteiger partial charge >= 0.3 is 0 Å². The van der Waals surface area contributed by atoms with Crippen molar-refractivity contribution in [3.8, 4) is 5.75 Å². The van der Waals surface area contributed by atoms with Crippen molar-refractivity contribution in [1.29, 1.82) is 5.41 Å². The van der Waals surface area contributed by atoms with E-state index in [0.717, 1.165) is 35.2 Å². The fourth-order valence-electron chi connectivity index (χ4n) is 3.48. The van der Waals surface area contributed by atoms with E-state index in [1.807, 2.05) is 0 Å². The number of carbonyl (C=O) groups is 1. The molecule has 1 atom stereocenters. The number of aryl methyl sites for hydroxylation is 1. The van der Waals surface area contributed by atoms with E-state index in [4.69, 9.17) is 10.1 Å². The third kappa shape index (κ3) is 4.86. The number of carbonyl (C=O) groups excluding carboxylic acids is 1. The number of halogens is 2. The number of aliphatic hydroxyl groups is 1. The molecule has 0 aliphatic heterocycles. The second-order valence-corrected chi connectivity index (χ2v) is 9.05. The summed E-state index contributed by atoms with van der Waals surface area (Å²) >= 11 is 1.08. The minimum absolute atomic E-state index is 0.212. The van der Waals surface area contributed by atoms with Crippen LogP contribution in [-0.2, 0) is 12.1 Å². The number of nitrogens with one attached hydrogen (secondary N) is 2. The molecular formula is C24H21F2N5O3S. The lowest BCUT2D eigenvalue weighted by Gasteiger charge is -2.26. The second kappa shape index (κ2) is 9.80. The number of ether oxygens (including phenoxy) is 1. The average molecular weight is 498 g/mol. The Morgan fingerprint density at radius 1 is 1.26 bits per heavy atom. The number of aromatic nitrogens is 3. The molecule has 11 heteroatoms. The largest absolute Gasteiger partial charge is 0.486 e. The van der Waals surface area contributed by atoms with Crippen LogP contribution in [0.2, 0.25) is 0 Å². The molecule has 35 heavy (non-hydrogen) atoms. The number of fused-ring (bicyclic) bond motifs is 1. The van der Waals surface area contributed by atoms with Crippen LogP contribution in [0.1, 0.15) is 38.4 Å². The molecule has 0 radical (unpaired) electrons. The van der Waals surface area contributed by atoms with Crippen molar-refractivity contribution < 1.29 is 23.4 Å². The number of aliphatic hydroxyl groups excluding tert-OH is 1. The van der Waals surface area contributed by atoms with Crippen molar-refractivity contribution in [2.24, 2.45) is 0 Å². The predicted octanol–water partition coefficient (Wildman–Crippen LogP) is 3.89. The lowest BCUT2D eigenvalue weighted by atomic mass is 10.0. The molecule has 3 N–H and O–H groups in total. The number of nitrogens with zero attached hydrogens (tertiary/aromatic N) is 3. The van der Waals surface area contributed by atoms with Gasteiger partial charge in [-0.2, -0.15) is 0 Å². The van der Waals surface area contributed by atoms with E-state index in [9.17, 15) is 18.7 Å². The zero-order chi connectivity index (χ0) is 25.2. The molecule has 0 fully saturated rings. The highest BCUT2D eigenvalue weighted by Gasteiger charge is 2.33. The van der Waals surface area contributed by atoms with E-state index >= 15 is 0 Å². The van der Waals surface area contributed by atoms with Crippen LogP contribution in [0.5, 0.6) is 5.75 Å². The summed E-state index contributed by atoms with van der Waals surface area (Å²) in [5.41, 5.74) is -0.106. The first-order valence-corrected chi connectivity index (χ1v) is 11.3. The monoisotopic (exact) mass is 497 g/mol. The predicted molar refractivity (Wildman–Crippen MR) is 127 cm³/mol. The fourth-order valence-corrected chi connectivity index (χ4v) is 4.24. The summed E-state index contributed by atoms with van der Waals surface area (Å²) < 4.78 is 33.8. The van der Waals surface area contributed by atoms with Gasteiger partial charge in [0.2, 0.25) is 0 Å². The van der Waals surface area contributed by atoms with E-state index in [1.165, 1.54) is 18.3 Å². The number of pyridine rings is 1. The molecule has 4 aromatic rings. The molecule has 1 amide bonds. The number of hydrogen-bond donors (Lipinski definition) is 3. The van der Waals surface area contributed by atoms with Gasteiger partial charge in [0.05, 0.1) is 23.9 Å². The number of benzene rings is 2. The van der Waals surface area contributed by atoms with Gasteiger partial charge in [-0.05, 0) is 49.7 Å². The normalized spacial score (nSPS) is 12.8. The van der Waals surface area contributed by atoms with Gasteiger partial charge in [0.25, 0.3) is 5.91 Å². The minimum Gasteiger partial charge on any atom is -0.486 e. The van der Waals surface area contributed by atoms with E-state index in [0.29, 0.717) is 20.9 Å². The van der Waals surface area contributed by atoms with Crippen molar-refractivity contribution in [2.75, 3.05) is 6.61 Å². The Hall–Kier alpha value is -3.83. The van der Waals surface area contributed by atoms with Crippen molar-refractivity contribution in [3.05, 3.63) is 80.9 Å². The highest BCUT2D eigenvalue weighted by Crippen LogP contribution is 2.30. The highest BCUT2D eigenvalue weighted by molar-refractivity contribution is 7.13. The molecule has 8 nitrogen and oxygen atoms in total. The summed E-state index contributed by atoms with van der Waals surface area (Å²) in [7, 11) is 0. The van der Waals surface area contributed by atoms with Crippen LogP contribution >= 0.6 is 11.3 Å². The van der Waals surface area contributed by atoms with Gasteiger partial charge in [-0.1, -0.05) is 17.4 Å². The number of rotatable bonds is 8. The molecule has 0 aliphatic rings. The molecule has 0 unspecified atom stereocenters. The van der Waals surface area contributed by atoms with Crippen LogP contribution in [0.15, 0.2) is 42.6 Å². The lowest BCUT2D eigenvalue weighted by molar-refractivity contribution is 0.0850. The third-order valence-electron chi connectivity index (χ3n) is 5.37. The Kier molecular flexibility index (Phi) is 6.81. The van der Waals surface area contributed by atoms with Gasteiger partial charge in [-0.3, -0.25) is 9.78 Å². The van der Waals surface area contributed by atoms with Crippen LogP contribution < -0.4 is 10.1 Å². The summed E-state index contributed by atoms with van der Waals surface area (Å²) in [4.78, 5) is 17.6. The lowest BCUT2D eigenvalue weighted by Crippen LogP contribution is -2.46. The van der Waals surface area contributed by atoms with Gasteiger partial charge in [0, 0.05) is 11.6 Å². The number of hydrogen-bond acceptors (Lipinski definition) is 8. The molecule has 0 bridgehead atoms. The smallest absolute Gasteiger partial charge is 0.252 e. The first-order chi connectivity index (χ1) is 16.8. The maximum Gasteiger partial charge on any atom is 0.252 e. The summed E-state index contributed by atoms with van der Waals surface area (Å²) in [6, 6.07) is 8.53. The van der Waals surface area contributed by atoms with Gasteiger partial charge < -0.3 is 20.6 Å². The van der Waals surface area contributed by atoms with Crippen molar-refractivity contribution in [3.63, 3.8) is 0 Å². The van der Waals surface area contributed by atoms with E-state index in [-0.39, 0.29) is 23.5 Å². The second-order valence-electron chi connectivity index (χ2n) is 8.04. The fraction of sp³-hybridized carbons (Fsp3) is 0.208. The van der Waals surface area contributed by atoms with Gasteiger partial charge in [0.1, 0.15) is 40.1 Å². The molecule has 0 aliphatic carbocycles. The van der Waals surface area contributed by atoms with Gasteiger partial charge in [-0.15, -0.1) is 10.2 Å². The van der Waals surface area contributed by atoms with Gasteiger partial charge in [-0.25, -0.2) is 8.78 Å². The van der Waals surface area contributed by atoms with Crippen LogP contribution in [0.3, 0.4) is 0 Å². The Balaban J connectivity index is 1.68. The third-order valence-corrected chi connectivity index (χ3v) is 6.51. The first-order valence-electron chi connectivity index (χ1n) is 10.5. The molecular weight excluding hydrogens is 476 g/mol. The first kappa shape index (κ1) is 24.3. The topological polar surface area (TPSA) is 121 Å². The summed E-state index contributed by atoms with van der Waals surface area (Å²) in [5.74, 6) is -1.68. The zero-order valence-electron chi connectivity index (χ0n) is 18.8.